The monoisotopic (exact) mass is 453 g/mol. The average Bonchev–Trinajstić information content (AvgIpc) is 3.28. The Morgan fingerprint density at radius 3 is 2.76 bits per heavy atom. The zero-order valence-corrected chi connectivity index (χ0v) is 18.8. The summed E-state index contributed by atoms with van der Waals surface area (Å²) in [6, 6.07) is 20.8. The highest BCUT2D eigenvalue weighted by atomic mass is 19.1. The van der Waals surface area contributed by atoms with Crippen LogP contribution in [0.1, 0.15) is 17.1 Å². The summed E-state index contributed by atoms with van der Waals surface area (Å²) in [5.41, 5.74) is 11.6. The van der Waals surface area contributed by atoms with Crippen molar-refractivity contribution in [1.82, 2.24) is 19.9 Å². The van der Waals surface area contributed by atoms with E-state index in [1.165, 1.54) is 6.07 Å². The van der Waals surface area contributed by atoms with Crippen molar-refractivity contribution in [3.05, 3.63) is 95.8 Å². The molecule has 0 bridgehead atoms. The molecule has 0 aliphatic heterocycles. The predicted octanol–water partition coefficient (Wildman–Crippen LogP) is 5.06. The number of hydrogen-bond acceptors (Lipinski definition) is 5. The van der Waals surface area contributed by atoms with Crippen molar-refractivity contribution in [2.24, 2.45) is 5.73 Å². The van der Waals surface area contributed by atoms with Gasteiger partial charge in [0.25, 0.3) is 0 Å². The van der Waals surface area contributed by atoms with Gasteiger partial charge in [0, 0.05) is 35.8 Å². The molecule has 0 aliphatic rings. The first-order valence-corrected chi connectivity index (χ1v) is 11.1. The normalized spacial score (nSPS) is 11.1. The van der Waals surface area contributed by atoms with Crippen molar-refractivity contribution in [1.29, 1.82) is 0 Å². The van der Waals surface area contributed by atoms with E-state index < -0.39 is 5.82 Å². The van der Waals surface area contributed by atoms with Crippen molar-refractivity contribution >= 4 is 10.9 Å². The number of aryl methyl sites for hydroxylation is 1. The van der Waals surface area contributed by atoms with Gasteiger partial charge in [-0.05, 0) is 55.0 Å². The molecule has 5 aromatic rings. The van der Waals surface area contributed by atoms with Crippen LogP contribution in [0.25, 0.3) is 33.5 Å². The molecule has 3 N–H and O–H groups in total. The van der Waals surface area contributed by atoms with Crippen molar-refractivity contribution in [3.8, 4) is 28.4 Å². The standard InChI is InChI=1S/C27H24FN5O/c1-17-4-2-6-23(31-17)27-26(20-8-10-22-19(16-20)5-3-12-30-22)32-25(33-27)15-18-7-9-21(28)24(14-18)34-13-11-29/h2-10,12,14,16H,11,13,15,29H2,1H3,(H,32,33). The Labute approximate surface area is 196 Å². The van der Waals surface area contributed by atoms with Crippen LogP contribution in [-0.4, -0.2) is 33.1 Å². The average molecular weight is 454 g/mol. The highest BCUT2D eigenvalue weighted by Gasteiger charge is 2.17. The molecule has 0 aliphatic carbocycles. The Bertz CT molecular complexity index is 1460. The van der Waals surface area contributed by atoms with Gasteiger partial charge in [0.2, 0.25) is 0 Å². The van der Waals surface area contributed by atoms with Crippen LogP contribution in [0.2, 0.25) is 0 Å². The van der Waals surface area contributed by atoms with Crippen molar-refractivity contribution < 1.29 is 9.13 Å². The number of nitrogens with two attached hydrogens (primary N) is 1. The number of nitrogens with one attached hydrogen (secondary N) is 1. The number of aromatic amines is 1. The third-order valence-electron chi connectivity index (χ3n) is 5.52. The highest BCUT2D eigenvalue weighted by molar-refractivity contribution is 5.86. The van der Waals surface area contributed by atoms with Crippen LogP contribution in [-0.2, 0) is 6.42 Å². The lowest BCUT2D eigenvalue weighted by Crippen LogP contribution is -2.11. The van der Waals surface area contributed by atoms with Crippen LogP contribution in [0, 0.1) is 12.7 Å². The number of halogens is 1. The summed E-state index contributed by atoms with van der Waals surface area (Å²) in [4.78, 5) is 17.5. The minimum Gasteiger partial charge on any atom is -0.489 e. The van der Waals surface area contributed by atoms with E-state index in [0.717, 1.165) is 50.6 Å². The van der Waals surface area contributed by atoms with Crippen LogP contribution in [0.4, 0.5) is 4.39 Å². The Kier molecular flexibility index (Phi) is 6.01. The zero-order chi connectivity index (χ0) is 23.5. The molecular formula is C27H24FN5O. The topological polar surface area (TPSA) is 89.7 Å². The molecular weight excluding hydrogens is 429 g/mol. The Morgan fingerprint density at radius 1 is 1.00 bits per heavy atom. The number of nitrogens with zero attached hydrogens (tertiary/aromatic N) is 3. The van der Waals surface area contributed by atoms with E-state index in [1.807, 2.05) is 49.4 Å². The number of benzene rings is 2. The van der Waals surface area contributed by atoms with Crippen LogP contribution in [0.15, 0.2) is 72.9 Å². The molecule has 7 heteroatoms. The first-order chi connectivity index (χ1) is 16.6. The van der Waals surface area contributed by atoms with Crippen LogP contribution < -0.4 is 10.5 Å². The third kappa shape index (κ3) is 4.51. The second-order valence-corrected chi connectivity index (χ2v) is 8.06. The fourth-order valence-corrected chi connectivity index (χ4v) is 3.94. The van der Waals surface area contributed by atoms with Gasteiger partial charge < -0.3 is 15.5 Å². The van der Waals surface area contributed by atoms with Gasteiger partial charge in [0.05, 0.1) is 22.6 Å². The summed E-state index contributed by atoms with van der Waals surface area (Å²) in [6.07, 6.45) is 2.26. The molecule has 0 amide bonds. The van der Waals surface area contributed by atoms with Crippen molar-refractivity contribution in [3.63, 3.8) is 0 Å². The maximum Gasteiger partial charge on any atom is 0.165 e. The maximum atomic E-state index is 14.1. The molecule has 0 atom stereocenters. The van der Waals surface area contributed by atoms with Gasteiger partial charge in [-0.15, -0.1) is 0 Å². The number of hydrogen-bond donors (Lipinski definition) is 2. The first-order valence-electron chi connectivity index (χ1n) is 11.1. The molecule has 0 spiro atoms. The minimum atomic E-state index is -0.410. The SMILES string of the molecule is Cc1cccc(-c2[nH]c(Cc3ccc(F)c(OCCN)c3)nc2-c2ccc3ncccc3c2)n1. The van der Waals surface area contributed by atoms with E-state index in [1.54, 1.807) is 18.3 Å². The van der Waals surface area contributed by atoms with Gasteiger partial charge in [-0.25, -0.2) is 9.37 Å². The molecule has 3 heterocycles. The highest BCUT2D eigenvalue weighted by Crippen LogP contribution is 2.32. The molecule has 0 saturated carbocycles. The Balaban J connectivity index is 1.57. The van der Waals surface area contributed by atoms with Crippen LogP contribution >= 0.6 is 0 Å². The summed E-state index contributed by atoms with van der Waals surface area (Å²) in [7, 11) is 0. The number of imidazole rings is 1. The van der Waals surface area contributed by atoms with Gasteiger partial charge >= 0.3 is 0 Å². The number of ether oxygens (including phenoxy) is 1. The number of aromatic nitrogens is 4. The molecule has 34 heavy (non-hydrogen) atoms. The summed E-state index contributed by atoms with van der Waals surface area (Å²) in [6.45, 7) is 2.54. The van der Waals surface area contributed by atoms with Crippen molar-refractivity contribution in [2.75, 3.05) is 13.2 Å². The fraction of sp³-hybridized carbons (Fsp3) is 0.148. The lowest BCUT2D eigenvalue weighted by molar-refractivity contribution is 0.311. The van der Waals surface area contributed by atoms with Gasteiger partial charge in [0.1, 0.15) is 12.4 Å². The lowest BCUT2D eigenvalue weighted by atomic mass is 10.1. The molecule has 0 fully saturated rings. The second-order valence-electron chi connectivity index (χ2n) is 8.06. The van der Waals surface area contributed by atoms with Gasteiger partial charge in [-0.3, -0.25) is 9.97 Å². The fourth-order valence-electron chi connectivity index (χ4n) is 3.94. The van der Waals surface area contributed by atoms with E-state index in [-0.39, 0.29) is 12.4 Å². The summed E-state index contributed by atoms with van der Waals surface area (Å²) >= 11 is 0. The molecule has 170 valence electrons. The zero-order valence-electron chi connectivity index (χ0n) is 18.8. The molecule has 0 saturated heterocycles. The third-order valence-corrected chi connectivity index (χ3v) is 5.52. The van der Waals surface area contributed by atoms with Crippen LogP contribution in [0.3, 0.4) is 0 Å². The maximum absolute atomic E-state index is 14.1. The van der Waals surface area contributed by atoms with E-state index in [9.17, 15) is 4.39 Å². The number of H-pyrrole nitrogens is 1. The quantitative estimate of drug-likeness (QED) is 0.359. The molecule has 2 aromatic carbocycles. The molecule has 5 rings (SSSR count). The van der Waals surface area contributed by atoms with E-state index in [2.05, 4.69) is 16.0 Å². The van der Waals surface area contributed by atoms with Crippen molar-refractivity contribution in [2.45, 2.75) is 13.3 Å². The number of fused-ring (bicyclic) bond motifs is 1. The second kappa shape index (κ2) is 9.41. The number of rotatable bonds is 7. The predicted molar refractivity (Wildman–Crippen MR) is 131 cm³/mol. The molecule has 0 unspecified atom stereocenters. The summed E-state index contributed by atoms with van der Waals surface area (Å²) < 4.78 is 19.5. The molecule has 0 radical (unpaired) electrons. The van der Waals surface area contributed by atoms with E-state index in [4.69, 9.17) is 20.4 Å². The minimum absolute atomic E-state index is 0.192. The van der Waals surface area contributed by atoms with Gasteiger partial charge in [-0.2, -0.15) is 0 Å². The molecule has 3 aromatic heterocycles. The van der Waals surface area contributed by atoms with E-state index in [0.29, 0.717) is 13.0 Å². The number of pyridine rings is 2. The Hall–Kier alpha value is -4.10. The first kappa shape index (κ1) is 21.7. The summed E-state index contributed by atoms with van der Waals surface area (Å²) in [5.74, 6) is 0.528. The largest absolute Gasteiger partial charge is 0.489 e. The smallest absolute Gasteiger partial charge is 0.165 e. The van der Waals surface area contributed by atoms with Gasteiger partial charge in [0.15, 0.2) is 11.6 Å². The van der Waals surface area contributed by atoms with Crippen LogP contribution in [0.5, 0.6) is 5.75 Å². The summed E-state index contributed by atoms with van der Waals surface area (Å²) in [5, 5.41) is 1.04. The van der Waals surface area contributed by atoms with E-state index >= 15 is 0 Å². The molecule has 6 nitrogen and oxygen atoms in total. The lowest BCUT2D eigenvalue weighted by Gasteiger charge is -2.07. The van der Waals surface area contributed by atoms with Gasteiger partial charge in [-0.1, -0.05) is 24.3 Å². The Morgan fingerprint density at radius 2 is 1.91 bits per heavy atom.